The first-order chi connectivity index (χ1) is 12.1. The fourth-order valence-corrected chi connectivity index (χ4v) is 3.90. The highest BCUT2D eigenvalue weighted by Gasteiger charge is 2.36. The number of rotatable bonds is 7. The second kappa shape index (κ2) is 6.74. The molecule has 1 unspecified atom stereocenters. The Morgan fingerprint density at radius 2 is 2.08 bits per heavy atom. The summed E-state index contributed by atoms with van der Waals surface area (Å²) in [6.45, 7) is 1.55. The first kappa shape index (κ1) is 17.1. The lowest BCUT2D eigenvalue weighted by molar-refractivity contribution is -0.917. The van der Waals surface area contributed by atoms with Gasteiger partial charge in [-0.1, -0.05) is 11.6 Å². The maximum Gasteiger partial charge on any atom is 0.203 e. The monoisotopic (exact) mass is 379 g/mol. The van der Waals surface area contributed by atoms with Crippen molar-refractivity contribution in [1.82, 2.24) is 14.3 Å². The summed E-state index contributed by atoms with van der Waals surface area (Å²) in [6.07, 6.45) is 4.98. The molecule has 0 aliphatic heterocycles. The molecule has 0 saturated heterocycles. The van der Waals surface area contributed by atoms with Crippen LogP contribution in [-0.4, -0.2) is 28.5 Å². The molecular weight excluding hydrogens is 356 g/mol. The van der Waals surface area contributed by atoms with Crippen molar-refractivity contribution in [2.24, 2.45) is 0 Å². The van der Waals surface area contributed by atoms with Crippen LogP contribution in [0.4, 0.5) is 0 Å². The van der Waals surface area contributed by atoms with Gasteiger partial charge in [-0.25, -0.2) is 0 Å². The van der Waals surface area contributed by atoms with Crippen molar-refractivity contribution >= 4 is 23.8 Å². The molecule has 0 spiro atoms. The number of hydrogen-bond donors (Lipinski definition) is 1. The van der Waals surface area contributed by atoms with Gasteiger partial charge in [-0.15, -0.1) is 0 Å². The van der Waals surface area contributed by atoms with Gasteiger partial charge in [-0.05, 0) is 56.1 Å². The summed E-state index contributed by atoms with van der Waals surface area (Å²) >= 11 is 11.9. The summed E-state index contributed by atoms with van der Waals surface area (Å²) in [5, 5.41) is 5.60. The zero-order valence-electron chi connectivity index (χ0n) is 14.7. The third-order valence-electron chi connectivity index (χ3n) is 4.91. The molecule has 2 fully saturated rings. The van der Waals surface area contributed by atoms with Crippen molar-refractivity contribution in [2.75, 3.05) is 14.2 Å². The molecule has 2 aliphatic carbocycles. The number of hydrogen-bond acceptors (Lipinski definition) is 3. The maximum absolute atomic E-state index is 6.15. The van der Waals surface area contributed by atoms with E-state index in [1.54, 1.807) is 7.11 Å². The van der Waals surface area contributed by atoms with Gasteiger partial charge in [0, 0.05) is 22.5 Å². The molecule has 0 bridgehead atoms. The minimum absolute atomic E-state index is 0.588. The van der Waals surface area contributed by atoms with Crippen LogP contribution in [0.25, 0.3) is 0 Å². The highest BCUT2D eigenvalue weighted by molar-refractivity contribution is 7.71. The van der Waals surface area contributed by atoms with Gasteiger partial charge in [0.05, 0.1) is 14.2 Å². The highest BCUT2D eigenvalue weighted by atomic mass is 35.5. The number of quaternary nitrogens is 1. The van der Waals surface area contributed by atoms with E-state index in [1.807, 2.05) is 22.9 Å². The van der Waals surface area contributed by atoms with E-state index >= 15 is 0 Å². The van der Waals surface area contributed by atoms with Gasteiger partial charge in [0.25, 0.3) is 0 Å². The molecule has 2 aliphatic rings. The number of methoxy groups -OCH3 is 1. The van der Waals surface area contributed by atoms with E-state index in [1.165, 1.54) is 36.4 Å². The van der Waals surface area contributed by atoms with Gasteiger partial charge in [0.15, 0.2) is 6.67 Å². The lowest BCUT2D eigenvalue weighted by Crippen LogP contribution is -3.07. The van der Waals surface area contributed by atoms with Crippen molar-refractivity contribution < 1.29 is 9.64 Å². The van der Waals surface area contributed by atoms with Crippen LogP contribution in [0.5, 0.6) is 5.75 Å². The molecule has 4 rings (SSSR count). The minimum atomic E-state index is 0.588. The Balaban J connectivity index is 1.53. The molecule has 2 aromatic rings. The first-order valence-corrected chi connectivity index (χ1v) is 9.68. The van der Waals surface area contributed by atoms with Crippen LogP contribution in [-0.2, 0) is 13.2 Å². The van der Waals surface area contributed by atoms with Crippen molar-refractivity contribution in [2.45, 2.75) is 50.9 Å². The van der Waals surface area contributed by atoms with E-state index < -0.39 is 0 Å². The van der Waals surface area contributed by atoms with Gasteiger partial charge >= 0.3 is 0 Å². The normalized spacial score (nSPS) is 18.4. The number of ether oxygens (including phenoxy) is 1. The van der Waals surface area contributed by atoms with E-state index in [0.717, 1.165) is 34.3 Å². The van der Waals surface area contributed by atoms with Crippen LogP contribution in [0.3, 0.4) is 0 Å². The average Bonchev–Trinajstić information content (AvgIpc) is 3.47. The summed E-state index contributed by atoms with van der Waals surface area (Å²) in [5.41, 5.74) is 1.10. The molecule has 1 heterocycles. The topological polar surface area (TPSA) is 36.4 Å². The largest absolute Gasteiger partial charge is 0.496 e. The van der Waals surface area contributed by atoms with E-state index in [0.29, 0.717) is 12.0 Å². The van der Waals surface area contributed by atoms with Gasteiger partial charge in [-0.2, -0.15) is 9.78 Å². The maximum atomic E-state index is 6.15. The fourth-order valence-electron chi connectivity index (χ4n) is 3.36. The smallest absolute Gasteiger partial charge is 0.203 e. The van der Waals surface area contributed by atoms with E-state index in [9.17, 15) is 0 Å². The summed E-state index contributed by atoms with van der Waals surface area (Å²) in [7, 11) is 3.84. The zero-order valence-corrected chi connectivity index (χ0v) is 16.2. The van der Waals surface area contributed by atoms with Crippen molar-refractivity contribution in [3.8, 4) is 5.75 Å². The minimum Gasteiger partial charge on any atom is -0.496 e. The molecule has 1 N–H and O–H groups in total. The molecule has 7 heteroatoms. The first-order valence-electron chi connectivity index (χ1n) is 8.89. The number of aromatic nitrogens is 3. The molecule has 5 nitrogen and oxygen atoms in total. The number of halogens is 1. The van der Waals surface area contributed by atoms with Crippen LogP contribution >= 0.6 is 23.8 Å². The molecule has 1 aromatic carbocycles. The zero-order chi connectivity index (χ0) is 17.6. The van der Waals surface area contributed by atoms with E-state index in [2.05, 4.69) is 11.6 Å². The van der Waals surface area contributed by atoms with E-state index in [4.69, 9.17) is 33.7 Å². The van der Waals surface area contributed by atoms with Crippen molar-refractivity contribution in [1.29, 1.82) is 0 Å². The molecule has 0 amide bonds. The Kier molecular flexibility index (Phi) is 4.60. The summed E-state index contributed by atoms with van der Waals surface area (Å²) < 4.78 is 10.7. The molecule has 0 radical (unpaired) electrons. The van der Waals surface area contributed by atoms with Crippen molar-refractivity contribution in [3.63, 3.8) is 0 Å². The van der Waals surface area contributed by atoms with Crippen molar-refractivity contribution in [3.05, 3.63) is 39.4 Å². The summed E-state index contributed by atoms with van der Waals surface area (Å²) in [5.74, 6) is 2.70. The molecular formula is C18H24ClN4OS+. The Labute approximate surface area is 158 Å². The Bertz CT molecular complexity index is 838. The predicted octanol–water partition coefficient (Wildman–Crippen LogP) is 2.96. The molecule has 1 atom stereocenters. The fraction of sp³-hybridized carbons (Fsp3) is 0.556. The lowest BCUT2D eigenvalue weighted by Gasteiger charge is -2.16. The van der Waals surface area contributed by atoms with Crippen LogP contribution in [0.15, 0.2) is 18.2 Å². The third kappa shape index (κ3) is 3.61. The Morgan fingerprint density at radius 3 is 2.72 bits per heavy atom. The van der Waals surface area contributed by atoms with Crippen LogP contribution in [0, 0.1) is 4.77 Å². The second-order valence-corrected chi connectivity index (χ2v) is 8.07. The van der Waals surface area contributed by atoms with Gasteiger partial charge < -0.3 is 14.2 Å². The SMILES string of the molecule is COc1ccc(Cl)cc1C[NH+](C)Cn1nc(C2CC2)n(C2CC2)c1=S. The standard InChI is InChI=1S/C18H23ClN4OS/c1-21(10-13-9-14(19)5-8-16(13)24-2)11-22-18(25)23(15-6-7-15)17(20-22)12-3-4-12/h5,8-9,12,15H,3-4,6-7,10-11H2,1-2H3/p+1. The summed E-state index contributed by atoms with van der Waals surface area (Å²) in [4.78, 5) is 1.29. The summed E-state index contributed by atoms with van der Waals surface area (Å²) in [6, 6.07) is 6.34. The highest BCUT2D eigenvalue weighted by Crippen LogP contribution is 2.44. The van der Waals surface area contributed by atoms with Crippen LogP contribution in [0.1, 0.15) is 49.0 Å². The number of benzene rings is 1. The predicted molar refractivity (Wildman–Crippen MR) is 99.9 cm³/mol. The lowest BCUT2D eigenvalue weighted by atomic mass is 10.2. The molecule has 1 aromatic heterocycles. The quantitative estimate of drug-likeness (QED) is 0.751. The molecule has 25 heavy (non-hydrogen) atoms. The van der Waals surface area contributed by atoms with E-state index in [-0.39, 0.29) is 0 Å². The van der Waals surface area contributed by atoms with Gasteiger partial charge in [0.1, 0.15) is 18.1 Å². The molecule has 134 valence electrons. The van der Waals surface area contributed by atoms with Gasteiger partial charge in [0.2, 0.25) is 4.77 Å². The van der Waals surface area contributed by atoms with Crippen LogP contribution < -0.4 is 9.64 Å². The Hall–Kier alpha value is -1.37. The second-order valence-electron chi connectivity index (χ2n) is 7.26. The average molecular weight is 380 g/mol. The number of nitrogens with zero attached hydrogens (tertiary/aromatic N) is 3. The number of nitrogens with one attached hydrogen (secondary N) is 1. The third-order valence-corrected chi connectivity index (χ3v) is 5.55. The molecule has 2 saturated carbocycles. The van der Waals surface area contributed by atoms with Crippen LogP contribution in [0.2, 0.25) is 5.02 Å². The Morgan fingerprint density at radius 1 is 1.32 bits per heavy atom. The van der Waals surface area contributed by atoms with Gasteiger partial charge in [-0.3, -0.25) is 0 Å².